The van der Waals surface area contributed by atoms with Gasteiger partial charge in [0.2, 0.25) is 0 Å². The minimum Gasteiger partial charge on any atom is -0.444 e. The molecule has 9 nitrogen and oxygen atoms in total. The predicted octanol–water partition coefficient (Wildman–Crippen LogP) is 4.20. The summed E-state index contributed by atoms with van der Waals surface area (Å²) in [6.07, 6.45) is 5.33. The number of carbonyl (C=O) groups excluding carboxylic acids is 1. The topological polar surface area (TPSA) is 97.6 Å². The summed E-state index contributed by atoms with van der Waals surface area (Å²) >= 11 is 0. The van der Waals surface area contributed by atoms with Gasteiger partial charge in [-0.25, -0.2) is 27.2 Å². The Hall–Kier alpha value is -3.14. The molecule has 1 fully saturated rings. The Morgan fingerprint density at radius 3 is 2.51 bits per heavy atom. The zero-order chi connectivity index (χ0) is 25.4. The van der Waals surface area contributed by atoms with E-state index in [0.29, 0.717) is 29.9 Å². The number of likely N-dealkylation sites (N-methyl/N-ethyl adjacent to an activating group) is 1. The molecule has 1 amide bonds. The van der Waals surface area contributed by atoms with E-state index >= 15 is 0 Å². The summed E-state index contributed by atoms with van der Waals surface area (Å²) in [6.45, 7) is 8.63. The molecule has 1 saturated heterocycles. The minimum atomic E-state index is -3.81. The largest absolute Gasteiger partial charge is 0.444 e. The van der Waals surface area contributed by atoms with Crippen molar-refractivity contribution < 1.29 is 17.9 Å². The number of aromatic nitrogens is 3. The van der Waals surface area contributed by atoms with Crippen molar-refractivity contribution in [3.63, 3.8) is 0 Å². The summed E-state index contributed by atoms with van der Waals surface area (Å²) in [5, 5.41) is 0.638. The number of hydrogen-bond acceptors (Lipinski definition) is 7. The van der Waals surface area contributed by atoms with Crippen molar-refractivity contribution in [3.8, 4) is 0 Å². The summed E-state index contributed by atoms with van der Waals surface area (Å²) in [5.41, 5.74) is 0.742. The minimum absolute atomic E-state index is 0.000161. The highest BCUT2D eigenvalue weighted by molar-refractivity contribution is 7.90. The van der Waals surface area contributed by atoms with Gasteiger partial charge >= 0.3 is 6.09 Å². The van der Waals surface area contributed by atoms with E-state index in [-0.39, 0.29) is 17.0 Å². The van der Waals surface area contributed by atoms with Gasteiger partial charge in [0, 0.05) is 32.4 Å². The van der Waals surface area contributed by atoms with Gasteiger partial charge in [-0.05, 0) is 65.2 Å². The van der Waals surface area contributed by atoms with E-state index in [1.807, 2.05) is 39.6 Å². The smallest absolute Gasteiger partial charge is 0.410 e. The molecule has 10 heteroatoms. The molecule has 188 valence electrons. The van der Waals surface area contributed by atoms with Crippen molar-refractivity contribution in [2.24, 2.45) is 0 Å². The van der Waals surface area contributed by atoms with Gasteiger partial charge in [0.25, 0.3) is 10.0 Å². The number of likely N-dealkylation sites (tertiary alicyclic amines) is 1. The van der Waals surface area contributed by atoms with Crippen LogP contribution >= 0.6 is 0 Å². The van der Waals surface area contributed by atoms with Crippen LogP contribution in [0.5, 0.6) is 0 Å². The standard InChI is InChI=1S/C25H33N5O4S/c1-18-9-11-20(12-10-18)35(32,33)30-15-13-21-22(26-17-27-23(21)30)28(5)19-8-6-7-14-29(16-19)24(31)34-25(2,3)4/h9-13,15,17,19H,6-8,14,16H2,1-5H3/t19-/m0/s1. The van der Waals surface area contributed by atoms with Crippen molar-refractivity contribution in [2.45, 2.75) is 63.5 Å². The Balaban J connectivity index is 1.64. The third-order valence-electron chi connectivity index (χ3n) is 6.19. The summed E-state index contributed by atoms with van der Waals surface area (Å²) in [6, 6.07) is 8.48. The second kappa shape index (κ2) is 9.49. The predicted molar refractivity (Wildman–Crippen MR) is 135 cm³/mol. The van der Waals surface area contributed by atoms with Crippen molar-refractivity contribution in [3.05, 3.63) is 48.4 Å². The first-order valence-corrected chi connectivity index (χ1v) is 13.3. The number of benzene rings is 1. The highest BCUT2D eigenvalue weighted by atomic mass is 32.2. The maximum Gasteiger partial charge on any atom is 0.410 e. The van der Waals surface area contributed by atoms with E-state index in [4.69, 9.17) is 4.74 Å². The normalized spacial score (nSPS) is 17.3. The number of amides is 1. The highest BCUT2D eigenvalue weighted by Gasteiger charge is 2.30. The number of carbonyl (C=O) groups is 1. The molecule has 1 aliphatic rings. The Kier molecular flexibility index (Phi) is 6.77. The fourth-order valence-corrected chi connectivity index (χ4v) is 5.62. The first-order chi connectivity index (χ1) is 16.5. The molecule has 1 aliphatic heterocycles. The van der Waals surface area contributed by atoms with Gasteiger partial charge < -0.3 is 14.5 Å². The van der Waals surface area contributed by atoms with E-state index in [0.717, 1.165) is 24.8 Å². The maximum absolute atomic E-state index is 13.3. The Morgan fingerprint density at radius 2 is 1.83 bits per heavy atom. The van der Waals surface area contributed by atoms with Crippen LogP contribution in [-0.4, -0.2) is 65.1 Å². The number of aryl methyl sites for hydroxylation is 1. The number of hydrogen-bond donors (Lipinski definition) is 0. The van der Waals surface area contributed by atoms with Gasteiger partial charge in [0.1, 0.15) is 17.7 Å². The van der Waals surface area contributed by atoms with Crippen LogP contribution in [0.2, 0.25) is 0 Å². The van der Waals surface area contributed by atoms with Gasteiger partial charge in [-0.3, -0.25) is 0 Å². The van der Waals surface area contributed by atoms with Crippen LogP contribution in [0, 0.1) is 6.92 Å². The molecule has 4 rings (SSSR count). The van der Waals surface area contributed by atoms with Crippen molar-refractivity contribution >= 4 is 33.0 Å². The van der Waals surface area contributed by atoms with Crippen LogP contribution in [0.4, 0.5) is 10.6 Å². The van der Waals surface area contributed by atoms with Crippen LogP contribution in [0.3, 0.4) is 0 Å². The number of ether oxygens (including phenoxy) is 1. The fourth-order valence-electron chi connectivity index (χ4n) is 4.31. The number of nitrogens with zero attached hydrogens (tertiary/aromatic N) is 5. The molecule has 2 aromatic heterocycles. The Morgan fingerprint density at radius 1 is 1.11 bits per heavy atom. The van der Waals surface area contributed by atoms with Gasteiger partial charge in [0.15, 0.2) is 5.65 Å². The van der Waals surface area contributed by atoms with E-state index < -0.39 is 15.6 Å². The van der Waals surface area contributed by atoms with Crippen molar-refractivity contribution in [1.82, 2.24) is 18.8 Å². The molecule has 3 heterocycles. The molecule has 3 aromatic rings. The molecular weight excluding hydrogens is 466 g/mol. The molecule has 0 radical (unpaired) electrons. The lowest BCUT2D eigenvalue weighted by Gasteiger charge is -2.33. The van der Waals surface area contributed by atoms with Crippen LogP contribution in [0.15, 0.2) is 47.8 Å². The third kappa shape index (κ3) is 5.27. The molecule has 0 unspecified atom stereocenters. The summed E-state index contributed by atoms with van der Waals surface area (Å²) < 4.78 is 33.4. The first-order valence-electron chi connectivity index (χ1n) is 11.8. The van der Waals surface area contributed by atoms with Crippen LogP contribution in [0.1, 0.15) is 45.6 Å². The average Bonchev–Trinajstić information content (AvgIpc) is 3.08. The van der Waals surface area contributed by atoms with Gasteiger partial charge in [-0.1, -0.05) is 17.7 Å². The Bertz CT molecular complexity index is 1310. The molecule has 0 bridgehead atoms. The van der Waals surface area contributed by atoms with Crippen LogP contribution in [-0.2, 0) is 14.8 Å². The third-order valence-corrected chi connectivity index (χ3v) is 7.87. The van der Waals surface area contributed by atoms with Crippen molar-refractivity contribution in [1.29, 1.82) is 0 Å². The Labute approximate surface area is 206 Å². The van der Waals surface area contributed by atoms with Gasteiger partial charge in [-0.15, -0.1) is 0 Å². The number of anilines is 1. The van der Waals surface area contributed by atoms with E-state index in [2.05, 4.69) is 9.97 Å². The molecule has 0 saturated carbocycles. The van der Waals surface area contributed by atoms with E-state index in [1.54, 1.807) is 35.2 Å². The fraction of sp³-hybridized carbons (Fsp3) is 0.480. The van der Waals surface area contributed by atoms with Gasteiger partial charge in [-0.2, -0.15) is 0 Å². The van der Waals surface area contributed by atoms with Crippen LogP contribution in [0.25, 0.3) is 11.0 Å². The molecule has 35 heavy (non-hydrogen) atoms. The number of fused-ring (bicyclic) bond motifs is 1. The lowest BCUT2D eigenvalue weighted by Crippen LogP contribution is -2.45. The summed E-state index contributed by atoms with van der Waals surface area (Å²) in [7, 11) is -1.88. The second-order valence-corrected chi connectivity index (χ2v) is 11.9. The zero-order valence-corrected chi connectivity index (χ0v) is 21.7. The average molecular weight is 500 g/mol. The lowest BCUT2D eigenvalue weighted by molar-refractivity contribution is 0.0249. The quantitative estimate of drug-likeness (QED) is 0.531. The lowest BCUT2D eigenvalue weighted by atomic mass is 10.1. The number of rotatable bonds is 4. The van der Waals surface area contributed by atoms with Crippen molar-refractivity contribution in [2.75, 3.05) is 25.0 Å². The molecule has 0 N–H and O–H groups in total. The monoisotopic (exact) mass is 499 g/mol. The van der Waals surface area contributed by atoms with E-state index in [1.165, 1.54) is 16.5 Å². The van der Waals surface area contributed by atoms with Gasteiger partial charge in [0.05, 0.1) is 10.3 Å². The molecular formula is C25H33N5O4S. The second-order valence-electron chi connectivity index (χ2n) is 10.1. The molecule has 1 atom stereocenters. The summed E-state index contributed by atoms with van der Waals surface area (Å²) in [4.78, 5) is 25.5. The molecule has 0 aliphatic carbocycles. The summed E-state index contributed by atoms with van der Waals surface area (Å²) in [5.74, 6) is 0.629. The highest BCUT2D eigenvalue weighted by Crippen LogP contribution is 2.29. The maximum atomic E-state index is 13.3. The molecule has 0 spiro atoms. The zero-order valence-electron chi connectivity index (χ0n) is 20.9. The SMILES string of the molecule is Cc1ccc(S(=O)(=O)n2ccc3c(N(C)[C@H]4CCCCN(C(=O)OC(C)(C)C)C4)ncnc32)cc1. The molecule has 1 aromatic carbocycles. The first kappa shape index (κ1) is 25.0. The van der Waals surface area contributed by atoms with E-state index in [9.17, 15) is 13.2 Å². The van der Waals surface area contributed by atoms with Crippen LogP contribution < -0.4 is 4.90 Å².